The van der Waals surface area contributed by atoms with Crippen molar-refractivity contribution >= 4 is 16.7 Å². The third kappa shape index (κ3) is 1.83. The van der Waals surface area contributed by atoms with Crippen LogP contribution in [0.5, 0.6) is 5.75 Å². The van der Waals surface area contributed by atoms with Gasteiger partial charge in [-0.25, -0.2) is 0 Å². The fourth-order valence-corrected chi connectivity index (χ4v) is 3.77. The largest absolute Gasteiger partial charge is 0.497 e. The van der Waals surface area contributed by atoms with Crippen LogP contribution in [0.25, 0.3) is 10.9 Å². The number of benzene rings is 1. The number of carbonyl (C=O) groups is 1. The van der Waals surface area contributed by atoms with Crippen LogP contribution >= 0.6 is 0 Å². The van der Waals surface area contributed by atoms with Gasteiger partial charge in [0.15, 0.2) is 5.78 Å². The lowest BCUT2D eigenvalue weighted by molar-refractivity contribution is 0.0701. The summed E-state index contributed by atoms with van der Waals surface area (Å²) in [5, 5.41) is 1.14. The molecule has 1 aromatic heterocycles. The average molecular weight is 285 g/mol. The molecule has 1 aliphatic heterocycles. The number of nitrogens with zero attached hydrogens (tertiary/aromatic N) is 1. The molecule has 0 saturated carbocycles. The molecule has 0 aliphatic carbocycles. The summed E-state index contributed by atoms with van der Waals surface area (Å²) in [4.78, 5) is 13.1. The van der Waals surface area contributed by atoms with Gasteiger partial charge in [-0.15, -0.1) is 0 Å². The van der Waals surface area contributed by atoms with Crippen molar-refractivity contribution < 1.29 is 9.53 Å². The van der Waals surface area contributed by atoms with Gasteiger partial charge in [0, 0.05) is 22.9 Å². The van der Waals surface area contributed by atoms with Crippen molar-refractivity contribution in [3.63, 3.8) is 0 Å². The highest BCUT2D eigenvalue weighted by Crippen LogP contribution is 2.42. The normalized spacial score (nSPS) is 17.0. The van der Waals surface area contributed by atoms with E-state index in [1.54, 1.807) is 7.11 Å². The van der Waals surface area contributed by atoms with Crippen LogP contribution in [-0.4, -0.2) is 17.5 Å². The van der Waals surface area contributed by atoms with Crippen molar-refractivity contribution in [2.45, 2.75) is 46.6 Å². The van der Waals surface area contributed by atoms with Crippen molar-refractivity contribution in [2.24, 2.45) is 5.41 Å². The Labute approximate surface area is 125 Å². The van der Waals surface area contributed by atoms with Crippen LogP contribution in [0, 0.1) is 12.3 Å². The van der Waals surface area contributed by atoms with Crippen molar-refractivity contribution in [1.29, 1.82) is 0 Å². The average Bonchev–Trinajstić information content (AvgIpc) is 2.81. The molecular weight excluding hydrogens is 262 g/mol. The minimum atomic E-state index is -0.167. The number of hydrogen-bond donors (Lipinski definition) is 0. The zero-order valence-electron chi connectivity index (χ0n) is 13.3. The molecule has 0 radical (unpaired) electrons. The van der Waals surface area contributed by atoms with Gasteiger partial charge in [-0.3, -0.25) is 4.79 Å². The van der Waals surface area contributed by atoms with Gasteiger partial charge in [0.05, 0.1) is 12.8 Å². The van der Waals surface area contributed by atoms with Gasteiger partial charge in [0.2, 0.25) is 0 Å². The van der Waals surface area contributed by atoms with Crippen LogP contribution in [0.1, 0.15) is 49.2 Å². The van der Waals surface area contributed by atoms with E-state index in [2.05, 4.69) is 31.4 Å². The molecule has 3 heteroatoms. The van der Waals surface area contributed by atoms with Gasteiger partial charge in [-0.2, -0.15) is 0 Å². The Morgan fingerprint density at radius 1 is 1.29 bits per heavy atom. The number of carbonyl (C=O) groups excluding carboxylic acids is 1. The first-order chi connectivity index (χ1) is 10.1. The van der Waals surface area contributed by atoms with Crippen LogP contribution in [0.15, 0.2) is 18.2 Å². The second-order valence-corrected chi connectivity index (χ2v) is 6.07. The number of rotatable bonds is 3. The van der Waals surface area contributed by atoms with Crippen molar-refractivity contribution in [1.82, 2.24) is 4.57 Å². The summed E-state index contributed by atoms with van der Waals surface area (Å²) >= 11 is 0. The van der Waals surface area contributed by atoms with Crippen molar-refractivity contribution in [3.8, 4) is 5.75 Å². The molecule has 0 bridgehead atoms. The topological polar surface area (TPSA) is 31.2 Å². The molecule has 21 heavy (non-hydrogen) atoms. The van der Waals surface area contributed by atoms with Crippen molar-refractivity contribution in [2.75, 3.05) is 7.11 Å². The van der Waals surface area contributed by atoms with E-state index in [4.69, 9.17) is 4.74 Å². The van der Waals surface area contributed by atoms with E-state index < -0.39 is 0 Å². The minimum Gasteiger partial charge on any atom is -0.497 e. The van der Waals surface area contributed by atoms with E-state index >= 15 is 0 Å². The number of aryl methyl sites for hydroxylation is 2. The Morgan fingerprint density at radius 2 is 2.00 bits per heavy atom. The van der Waals surface area contributed by atoms with E-state index in [1.165, 1.54) is 0 Å². The smallest absolute Gasteiger partial charge is 0.185 e. The summed E-state index contributed by atoms with van der Waals surface area (Å²) in [6.07, 6.45) is 2.79. The lowest BCUT2D eigenvalue weighted by atomic mass is 9.72. The summed E-state index contributed by atoms with van der Waals surface area (Å²) in [6.45, 7) is 7.27. The lowest BCUT2D eigenvalue weighted by Crippen LogP contribution is -2.37. The monoisotopic (exact) mass is 285 g/mol. The molecular formula is C18H23NO2. The number of Topliss-reactive ketones (excluding diaryl/α,β-unsaturated/α-hetero) is 1. The molecule has 1 aliphatic rings. The molecule has 0 spiro atoms. The second-order valence-electron chi connectivity index (χ2n) is 6.07. The van der Waals surface area contributed by atoms with Crippen LogP contribution in [0.3, 0.4) is 0 Å². The number of fused-ring (bicyclic) bond motifs is 3. The van der Waals surface area contributed by atoms with Crippen LogP contribution < -0.4 is 4.74 Å². The Bertz CT molecular complexity index is 708. The summed E-state index contributed by atoms with van der Waals surface area (Å²) in [7, 11) is 1.68. The molecule has 0 fully saturated rings. The van der Waals surface area contributed by atoms with Crippen molar-refractivity contribution in [3.05, 3.63) is 29.5 Å². The first-order valence-corrected chi connectivity index (χ1v) is 7.79. The van der Waals surface area contributed by atoms with E-state index in [0.717, 1.165) is 53.7 Å². The predicted molar refractivity (Wildman–Crippen MR) is 85.2 cm³/mol. The Hall–Kier alpha value is -1.77. The highest BCUT2D eigenvalue weighted by atomic mass is 16.5. The summed E-state index contributed by atoms with van der Waals surface area (Å²) in [5.74, 6) is 1.17. The van der Waals surface area contributed by atoms with Gasteiger partial charge in [0.25, 0.3) is 0 Å². The molecule has 0 atom stereocenters. The van der Waals surface area contributed by atoms with Crippen LogP contribution in [0.4, 0.5) is 0 Å². The number of ether oxygens (including phenoxy) is 1. The molecule has 2 aromatic rings. The lowest BCUT2D eigenvalue weighted by Gasteiger charge is -2.35. The standard InChI is InChI=1S/C18H23NO2/c1-5-18(6-2)9-10-19-15-8-7-13(21-4)11-14(15)12(3)16(19)17(18)20/h7-8,11H,5-6,9-10H2,1-4H3. The van der Waals surface area contributed by atoms with Crippen LogP contribution in [0.2, 0.25) is 0 Å². The summed E-state index contributed by atoms with van der Waals surface area (Å²) < 4.78 is 7.53. The fourth-order valence-electron chi connectivity index (χ4n) is 3.77. The molecule has 3 rings (SSSR count). The van der Waals surface area contributed by atoms with Gasteiger partial charge in [-0.05, 0) is 49.9 Å². The molecule has 0 N–H and O–H groups in total. The first-order valence-electron chi connectivity index (χ1n) is 7.79. The third-order valence-electron chi connectivity index (χ3n) is 5.39. The van der Waals surface area contributed by atoms with Crippen LogP contribution in [-0.2, 0) is 6.54 Å². The zero-order chi connectivity index (χ0) is 15.2. The Balaban J connectivity index is 2.25. The SMILES string of the molecule is CCC1(CC)CCn2c(c(C)c3cc(OC)ccc32)C1=O. The summed E-state index contributed by atoms with van der Waals surface area (Å²) in [6, 6.07) is 6.09. The minimum absolute atomic E-state index is 0.167. The number of aromatic nitrogens is 1. The molecule has 0 unspecified atom stereocenters. The maximum atomic E-state index is 13.1. The van der Waals surface area contributed by atoms with E-state index in [-0.39, 0.29) is 5.41 Å². The van der Waals surface area contributed by atoms with E-state index in [0.29, 0.717) is 5.78 Å². The summed E-state index contributed by atoms with van der Waals surface area (Å²) in [5.41, 5.74) is 2.99. The third-order valence-corrected chi connectivity index (χ3v) is 5.39. The maximum absolute atomic E-state index is 13.1. The highest BCUT2D eigenvalue weighted by Gasteiger charge is 2.41. The second kappa shape index (κ2) is 4.90. The quantitative estimate of drug-likeness (QED) is 0.839. The van der Waals surface area contributed by atoms with E-state index in [1.807, 2.05) is 12.1 Å². The maximum Gasteiger partial charge on any atom is 0.185 e. The van der Waals surface area contributed by atoms with Gasteiger partial charge >= 0.3 is 0 Å². The Kier molecular flexibility index (Phi) is 3.31. The van der Waals surface area contributed by atoms with E-state index in [9.17, 15) is 4.79 Å². The molecule has 0 amide bonds. The van der Waals surface area contributed by atoms with Gasteiger partial charge < -0.3 is 9.30 Å². The number of ketones is 1. The predicted octanol–water partition coefficient (Wildman–Crippen LogP) is 4.35. The van der Waals surface area contributed by atoms with Gasteiger partial charge in [0.1, 0.15) is 5.75 Å². The molecule has 0 saturated heterocycles. The molecule has 2 heterocycles. The number of methoxy groups -OCH3 is 1. The molecule has 3 nitrogen and oxygen atoms in total. The first kappa shape index (κ1) is 14.2. The number of hydrogen-bond acceptors (Lipinski definition) is 2. The van der Waals surface area contributed by atoms with Gasteiger partial charge in [-0.1, -0.05) is 13.8 Å². The molecule has 1 aromatic carbocycles. The molecule has 112 valence electrons. The fraction of sp³-hybridized carbons (Fsp3) is 0.500. The highest BCUT2D eigenvalue weighted by molar-refractivity contribution is 6.06. The Morgan fingerprint density at radius 3 is 2.62 bits per heavy atom. The zero-order valence-corrected chi connectivity index (χ0v) is 13.3.